The maximum Gasteiger partial charge on any atom is 0.107 e. The van der Waals surface area contributed by atoms with Crippen molar-refractivity contribution in [2.45, 2.75) is 38.3 Å². The van der Waals surface area contributed by atoms with E-state index in [9.17, 15) is 0 Å². The minimum absolute atomic E-state index is 0.330. The van der Waals surface area contributed by atoms with E-state index in [1.807, 2.05) is 0 Å². The van der Waals surface area contributed by atoms with Gasteiger partial charge < -0.3 is 5.73 Å². The van der Waals surface area contributed by atoms with Crippen molar-refractivity contribution in [3.63, 3.8) is 0 Å². The second-order valence-corrected chi connectivity index (χ2v) is 7.03. The van der Waals surface area contributed by atoms with E-state index in [0.29, 0.717) is 12.6 Å². The molecule has 2 N–H and O–H groups in total. The molecule has 0 spiro atoms. The quantitative estimate of drug-likeness (QED) is 0.849. The Morgan fingerprint density at radius 2 is 2.35 bits per heavy atom. The lowest BCUT2D eigenvalue weighted by Crippen LogP contribution is -2.35. The van der Waals surface area contributed by atoms with Crippen molar-refractivity contribution in [2.24, 2.45) is 5.73 Å². The average Bonchev–Trinajstić information content (AvgIpc) is 3.07. The van der Waals surface area contributed by atoms with Gasteiger partial charge in [-0.15, -0.1) is 11.3 Å². The summed E-state index contributed by atoms with van der Waals surface area (Å²) < 4.78 is 1.82. The van der Waals surface area contributed by atoms with E-state index in [-0.39, 0.29) is 0 Å². The van der Waals surface area contributed by atoms with E-state index >= 15 is 0 Å². The lowest BCUT2D eigenvalue weighted by molar-refractivity contribution is 0.194. The van der Waals surface area contributed by atoms with Crippen LogP contribution < -0.4 is 5.73 Å². The molecule has 2 rings (SSSR count). The highest BCUT2D eigenvalue weighted by molar-refractivity contribution is 9.10. The number of hydrogen-bond donors (Lipinski definition) is 1. The average molecular weight is 338 g/mol. The maximum absolute atomic E-state index is 6.12. The fourth-order valence-electron chi connectivity index (χ4n) is 2.20. The molecule has 1 heterocycles. The van der Waals surface area contributed by atoms with E-state index in [1.165, 1.54) is 24.1 Å². The van der Waals surface area contributed by atoms with Gasteiger partial charge in [0.15, 0.2) is 0 Å². The molecule has 0 saturated heterocycles. The molecule has 96 valence electrons. The molecule has 1 aliphatic rings. The molecule has 1 aliphatic carbocycles. The summed E-state index contributed by atoms with van der Waals surface area (Å²) >= 11 is 11.2. The van der Waals surface area contributed by atoms with Crippen LogP contribution in [0.4, 0.5) is 0 Å². The van der Waals surface area contributed by atoms with Gasteiger partial charge in [-0.1, -0.05) is 18.5 Å². The molecule has 0 radical (unpaired) electrons. The number of thiophene rings is 1. The molecule has 0 amide bonds. The largest absolute Gasteiger partial charge is 0.329 e. The van der Waals surface area contributed by atoms with Gasteiger partial charge in [0.1, 0.15) is 4.34 Å². The number of nitrogens with zero attached hydrogens (tertiary/aromatic N) is 1. The first-order chi connectivity index (χ1) is 8.17. The van der Waals surface area contributed by atoms with Crippen LogP contribution in [0.25, 0.3) is 0 Å². The van der Waals surface area contributed by atoms with Gasteiger partial charge in [-0.05, 0) is 47.8 Å². The highest BCUT2D eigenvalue weighted by atomic mass is 79.9. The highest BCUT2D eigenvalue weighted by Crippen LogP contribution is 2.40. The van der Waals surface area contributed by atoms with Crippen molar-refractivity contribution in [2.75, 3.05) is 13.1 Å². The van der Waals surface area contributed by atoms with Gasteiger partial charge in [-0.2, -0.15) is 0 Å². The normalized spacial score (nSPS) is 17.7. The van der Waals surface area contributed by atoms with Crippen LogP contribution in [0.3, 0.4) is 0 Å². The predicted molar refractivity (Wildman–Crippen MR) is 78.8 cm³/mol. The number of halogens is 2. The Labute approximate surface area is 120 Å². The van der Waals surface area contributed by atoms with Crippen LogP contribution in [-0.2, 0) is 0 Å². The Kier molecular flexibility index (Phi) is 4.89. The van der Waals surface area contributed by atoms with Crippen LogP contribution in [0.15, 0.2) is 10.5 Å². The molecule has 2 nitrogen and oxygen atoms in total. The predicted octanol–water partition coefficient (Wildman–Crippen LogP) is 4.04. The summed E-state index contributed by atoms with van der Waals surface area (Å²) in [6, 6.07) is 3.19. The van der Waals surface area contributed by atoms with E-state index in [1.54, 1.807) is 11.3 Å². The molecule has 1 aromatic heterocycles. The van der Waals surface area contributed by atoms with Gasteiger partial charge in [0.05, 0.1) is 6.04 Å². The lowest BCUT2D eigenvalue weighted by Gasteiger charge is -2.30. The van der Waals surface area contributed by atoms with Crippen molar-refractivity contribution >= 4 is 38.9 Å². The fraction of sp³-hybridized carbons (Fsp3) is 0.667. The molecular formula is C12H18BrClN2S. The van der Waals surface area contributed by atoms with E-state index in [2.05, 4.69) is 33.8 Å². The topological polar surface area (TPSA) is 29.3 Å². The molecule has 1 saturated carbocycles. The first kappa shape index (κ1) is 13.8. The van der Waals surface area contributed by atoms with Crippen molar-refractivity contribution in [1.29, 1.82) is 0 Å². The zero-order chi connectivity index (χ0) is 12.4. The molecule has 17 heavy (non-hydrogen) atoms. The van der Waals surface area contributed by atoms with Gasteiger partial charge in [-0.3, -0.25) is 4.90 Å². The molecule has 0 aromatic carbocycles. The molecule has 1 fully saturated rings. The Bertz CT molecular complexity index is 359. The van der Waals surface area contributed by atoms with E-state index < -0.39 is 0 Å². The minimum Gasteiger partial charge on any atom is -0.329 e. The molecule has 1 aromatic rings. The van der Waals surface area contributed by atoms with Gasteiger partial charge in [0, 0.05) is 21.9 Å². The van der Waals surface area contributed by atoms with Crippen LogP contribution in [0.5, 0.6) is 0 Å². The zero-order valence-electron chi connectivity index (χ0n) is 9.96. The summed E-state index contributed by atoms with van der Waals surface area (Å²) in [5.41, 5.74) is 5.97. The molecule has 0 aliphatic heterocycles. The summed E-state index contributed by atoms with van der Waals surface area (Å²) in [4.78, 5) is 3.83. The van der Waals surface area contributed by atoms with Crippen molar-refractivity contribution in [1.82, 2.24) is 4.90 Å². The first-order valence-electron chi connectivity index (χ1n) is 6.07. The van der Waals surface area contributed by atoms with Crippen molar-refractivity contribution in [3.05, 3.63) is 19.8 Å². The second-order valence-electron chi connectivity index (χ2n) is 4.49. The lowest BCUT2D eigenvalue weighted by atomic mass is 10.2. The van der Waals surface area contributed by atoms with Gasteiger partial charge >= 0.3 is 0 Å². The number of hydrogen-bond acceptors (Lipinski definition) is 3. The standard InChI is InChI=1S/C12H18BrClN2S/c1-2-5-16(8-3-4-8)10(7-15)11-6-9(13)12(14)17-11/h6,8,10H,2-5,7,15H2,1H3. The molecule has 0 bridgehead atoms. The first-order valence-corrected chi connectivity index (χ1v) is 8.06. The SMILES string of the molecule is CCCN(C1CC1)C(CN)c1cc(Br)c(Cl)s1. The Hall–Kier alpha value is 0.390. The van der Waals surface area contributed by atoms with Crippen LogP contribution in [0.1, 0.15) is 37.1 Å². The van der Waals surface area contributed by atoms with Crippen LogP contribution in [0.2, 0.25) is 4.34 Å². The monoisotopic (exact) mass is 336 g/mol. The summed E-state index contributed by atoms with van der Waals surface area (Å²) in [5.74, 6) is 0. The Morgan fingerprint density at radius 1 is 1.65 bits per heavy atom. The number of nitrogens with two attached hydrogens (primary N) is 1. The summed E-state index contributed by atoms with van der Waals surface area (Å²) in [6.07, 6.45) is 3.81. The summed E-state index contributed by atoms with van der Waals surface area (Å²) in [5, 5.41) is 0. The maximum atomic E-state index is 6.12. The molecular weight excluding hydrogens is 320 g/mol. The van der Waals surface area contributed by atoms with Crippen molar-refractivity contribution < 1.29 is 0 Å². The van der Waals surface area contributed by atoms with E-state index in [0.717, 1.165) is 21.4 Å². The molecule has 1 unspecified atom stereocenters. The summed E-state index contributed by atoms with van der Waals surface area (Å²) in [6.45, 7) is 4.01. The Balaban J connectivity index is 2.18. The third-order valence-corrected chi connectivity index (χ3v) is 5.69. The third kappa shape index (κ3) is 3.24. The fourth-order valence-corrected chi connectivity index (χ4v) is 4.07. The number of rotatable bonds is 6. The second kappa shape index (κ2) is 6.02. The third-order valence-electron chi connectivity index (χ3n) is 3.11. The van der Waals surface area contributed by atoms with Gasteiger partial charge in [0.25, 0.3) is 0 Å². The highest BCUT2D eigenvalue weighted by Gasteiger charge is 2.34. The van der Waals surface area contributed by atoms with Crippen LogP contribution in [-0.4, -0.2) is 24.0 Å². The summed E-state index contributed by atoms with van der Waals surface area (Å²) in [7, 11) is 0. The zero-order valence-corrected chi connectivity index (χ0v) is 13.1. The molecule has 1 atom stereocenters. The smallest absolute Gasteiger partial charge is 0.107 e. The van der Waals surface area contributed by atoms with Crippen LogP contribution >= 0.6 is 38.9 Å². The van der Waals surface area contributed by atoms with Gasteiger partial charge in [0.2, 0.25) is 0 Å². The molecule has 5 heteroatoms. The minimum atomic E-state index is 0.330. The van der Waals surface area contributed by atoms with E-state index in [4.69, 9.17) is 17.3 Å². The van der Waals surface area contributed by atoms with Crippen LogP contribution in [0, 0.1) is 0 Å². The Morgan fingerprint density at radius 3 is 2.76 bits per heavy atom. The van der Waals surface area contributed by atoms with Gasteiger partial charge in [-0.25, -0.2) is 0 Å². The van der Waals surface area contributed by atoms with Crippen molar-refractivity contribution in [3.8, 4) is 0 Å².